The predicted octanol–water partition coefficient (Wildman–Crippen LogP) is 1.88. The van der Waals surface area contributed by atoms with Crippen LogP contribution in [0, 0.1) is 0 Å². The quantitative estimate of drug-likeness (QED) is 0.854. The van der Waals surface area contributed by atoms with E-state index in [2.05, 4.69) is 14.5 Å². The second-order valence-electron chi connectivity index (χ2n) is 4.58. The second kappa shape index (κ2) is 4.84. The second-order valence-corrected chi connectivity index (χ2v) is 4.58. The summed E-state index contributed by atoms with van der Waals surface area (Å²) in [7, 11) is 0. The van der Waals surface area contributed by atoms with E-state index >= 15 is 0 Å². The maximum Gasteiger partial charge on any atom is 0.144 e. The Labute approximate surface area is 112 Å². The summed E-state index contributed by atoms with van der Waals surface area (Å²) in [5.41, 5.74) is 7.94. The van der Waals surface area contributed by atoms with Crippen LogP contribution in [0.1, 0.15) is 12.7 Å². The first kappa shape index (κ1) is 11.9. The molecule has 2 N–H and O–H groups in total. The molecule has 3 rings (SSSR count). The van der Waals surface area contributed by atoms with Crippen molar-refractivity contribution in [1.82, 2.24) is 9.55 Å². The van der Waals surface area contributed by atoms with E-state index in [9.17, 15) is 0 Å². The van der Waals surface area contributed by atoms with Gasteiger partial charge in [-0.25, -0.2) is 4.98 Å². The standard InChI is InChI=1S/C14H18N4O/c1-2-19-12-5-3-4-11(14(12)15)18-9-8-17-7-6-16-13(17)10-18/h3-7H,2,8-10,15H2,1H3. The molecule has 2 heterocycles. The Morgan fingerprint density at radius 3 is 3.11 bits per heavy atom. The third kappa shape index (κ3) is 2.12. The third-order valence-electron chi connectivity index (χ3n) is 3.43. The average Bonchev–Trinajstić information content (AvgIpc) is 2.88. The van der Waals surface area contributed by atoms with Crippen LogP contribution < -0.4 is 15.4 Å². The summed E-state index contributed by atoms with van der Waals surface area (Å²) in [5.74, 6) is 1.83. The Morgan fingerprint density at radius 2 is 2.26 bits per heavy atom. The van der Waals surface area contributed by atoms with Crippen LogP contribution in [-0.4, -0.2) is 22.7 Å². The minimum Gasteiger partial charge on any atom is -0.492 e. The van der Waals surface area contributed by atoms with E-state index in [-0.39, 0.29) is 0 Å². The van der Waals surface area contributed by atoms with Gasteiger partial charge in [0.2, 0.25) is 0 Å². The minimum absolute atomic E-state index is 0.623. The van der Waals surface area contributed by atoms with Crippen LogP contribution in [0.3, 0.4) is 0 Å². The highest BCUT2D eigenvalue weighted by Crippen LogP contribution is 2.33. The van der Waals surface area contributed by atoms with Crippen molar-refractivity contribution < 1.29 is 4.74 Å². The van der Waals surface area contributed by atoms with Crippen LogP contribution in [-0.2, 0) is 13.1 Å². The summed E-state index contributed by atoms with van der Waals surface area (Å²) in [4.78, 5) is 6.62. The Morgan fingerprint density at radius 1 is 1.37 bits per heavy atom. The van der Waals surface area contributed by atoms with Gasteiger partial charge in [0.05, 0.1) is 24.5 Å². The van der Waals surface area contributed by atoms with Gasteiger partial charge in [-0.1, -0.05) is 6.07 Å². The van der Waals surface area contributed by atoms with E-state index in [4.69, 9.17) is 10.5 Å². The van der Waals surface area contributed by atoms with E-state index in [1.807, 2.05) is 37.5 Å². The number of anilines is 2. The Hall–Kier alpha value is -2.17. The molecule has 1 aliphatic rings. The first-order valence-electron chi connectivity index (χ1n) is 6.56. The Bertz CT molecular complexity index is 579. The highest BCUT2D eigenvalue weighted by atomic mass is 16.5. The first-order valence-corrected chi connectivity index (χ1v) is 6.56. The van der Waals surface area contributed by atoms with Gasteiger partial charge < -0.3 is 19.9 Å². The van der Waals surface area contributed by atoms with Crippen LogP contribution in [0.2, 0.25) is 0 Å². The molecule has 5 nitrogen and oxygen atoms in total. The van der Waals surface area contributed by atoms with E-state index in [1.165, 1.54) is 0 Å². The average molecular weight is 258 g/mol. The lowest BCUT2D eigenvalue weighted by Gasteiger charge is -2.30. The molecule has 0 saturated carbocycles. The van der Waals surface area contributed by atoms with Crippen molar-refractivity contribution in [3.8, 4) is 5.75 Å². The molecule has 2 aromatic rings. The summed E-state index contributed by atoms with van der Waals surface area (Å²) in [6.07, 6.45) is 3.87. The van der Waals surface area contributed by atoms with Crippen LogP contribution in [0.25, 0.3) is 0 Å². The molecule has 1 aromatic heterocycles. The van der Waals surface area contributed by atoms with Gasteiger partial charge in [-0.3, -0.25) is 0 Å². The van der Waals surface area contributed by atoms with Crippen LogP contribution in [0.5, 0.6) is 5.75 Å². The van der Waals surface area contributed by atoms with Gasteiger partial charge >= 0.3 is 0 Å². The molecule has 0 saturated heterocycles. The topological polar surface area (TPSA) is 56.3 Å². The number of imidazole rings is 1. The maximum atomic E-state index is 6.20. The van der Waals surface area contributed by atoms with E-state index < -0.39 is 0 Å². The number of benzene rings is 1. The lowest BCUT2D eigenvalue weighted by molar-refractivity contribution is 0.342. The number of fused-ring (bicyclic) bond motifs is 1. The molecule has 19 heavy (non-hydrogen) atoms. The smallest absolute Gasteiger partial charge is 0.144 e. The Balaban J connectivity index is 1.89. The first-order chi connectivity index (χ1) is 9.29. The molecule has 5 heteroatoms. The normalized spacial score (nSPS) is 14.3. The highest BCUT2D eigenvalue weighted by Gasteiger charge is 2.19. The van der Waals surface area contributed by atoms with Gasteiger partial charge in [-0.15, -0.1) is 0 Å². The van der Waals surface area contributed by atoms with Gasteiger partial charge in [-0.2, -0.15) is 0 Å². The summed E-state index contributed by atoms with van der Waals surface area (Å²) >= 11 is 0. The number of rotatable bonds is 3. The number of hydrogen-bond donors (Lipinski definition) is 1. The molecular weight excluding hydrogens is 240 g/mol. The summed E-state index contributed by atoms with van der Waals surface area (Å²) in [5, 5.41) is 0. The Kier molecular flexibility index (Phi) is 3.03. The predicted molar refractivity (Wildman–Crippen MR) is 75.3 cm³/mol. The van der Waals surface area contributed by atoms with Crippen molar-refractivity contribution >= 4 is 11.4 Å². The van der Waals surface area contributed by atoms with Gasteiger partial charge in [0, 0.05) is 25.5 Å². The van der Waals surface area contributed by atoms with Gasteiger partial charge in [0.15, 0.2) is 0 Å². The van der Waals surface area contributed by atoms with Crippen LogP contribution in [0.4, 0.5) is 11.4 Å². The molecule has 0 radical (unpaired) electrons. The zero-order chi connectivity index (χ0) is 13.2. The zero-order valence-electron chi connectivity index (χ0n) is 11.0. The molecule has 0 spiro atoms. The number of para-hydroxylation sites is 1. The molecular formula is C14H18N4O. The van der Waals surface area contributed by atoms with Crippen molar-refractivity contribution in [2.24, 2.45) is 0 Å². The molecule has 1 aromatic carbocycles. The minimum atomic E-state index is 0.623. The fourth-order valence-corrected chi connectivity index (χ4v) is 2.47. The van der Waals surface area contributed by atoms with E-state index in [0.717, 1.165) is 36.9 Å². The fraction of sp³-hybridized carbons (Fsp3) is 0.357. The molecule has 100 valence electrons. The number of nitrogens with two attached hydrogens (primary N) is 1. The summed E-state index contributed by atoms with van der Waals surface area (Å²) in [6, 6.07) is 5.93. The highest BCUT2D eigenvalue weighted by molar-refractivity contribution is 5.74. The maximum absolute atomic E-state index is 6.20. The number of aromatic nitrogens is 2. The number of ether oxygens (including phenoxy) is 1. The van der Waals surface area contributed by atoms with E-state index in [1.54, 1.807) is 0 Å². The molecule has 0 fully saturated rings. The van der Waals surface area contributed by atoms with Gasteiger partial charge in [0.1, 0.15) is 11.6 Å². The van der Waals surface area contributed by atoms with Crippen molar-refractivity contribution in [3.05, 3.63) is 36.4 Å². The number of hydrogen-bond acceptors (Lipinski definition) is 4. The van der Waals surface area contributed by atoms with Crippen LogP contribution in [0.15, 0.2) is 30.6 Å². The number of nitrogens with zero attached hydrogens (tertiary/aromatic N) is 3. The largest absolute Gasteiger partial charge is 0.492 e. The molecule has 0 unspecified atom stereocenters. The van der Waals surface area contributed by atoms with Crippen molar-refractivity contribution in [1.29, 1.82) is 0 Å². The van der Waals surface area contributed by atoms with Crippen molar-refractivity contribution in [3.63, 3.8) is 0 Å². The van der Waals surface area contributed by atoms with E-state index in [0.29, 0.717) is 12.3 Å². The van der Waals surface area contributed by atoms with Gasteiger partial charge in [0.25, 0.3) is 0 Å². The van der Waals surface area contributed by atoms with Gasteiger partial charge in [-0.05, 0) is 19.1 Å². The van der Waals surface area contributed by atoms with Crippen molar-refractivity contribution in [2.45, 2.75) is 20.0 Å². The SMILES string of the molecule is CCOc1cccc(N2CCn3ccnc3C2)c1N. The lowest BCUT2D eigenvalue weighted by atomic mass is 10.2. The fourth-order valence-electron chi connectivity index (χ4n) is 2.47. The van der Waals surface area contributed by atoms with Crippen molar-refractivity contribution in [2.75, 3.05) is 23.8 Å². The van der Waals surface area contributed by atoms with Crippen LogP contribution >= 0.6 is 0 Å². The molecule has 0 atom stereocenters. The monoisotopic (exact) mass is 258 g/mol. The number of nitrogen functional groups attached to an aromatic ring is 1. The molecule has 0 bridgehead atoms. The third-order valence-corrected chi connectivity index (χ3v) is 3.43. The summed E-state index contributed by atoms with van der Waals surface area (Å²) in [6.45, 7) is 5.24. The summed E-state index contributed by atoms with van der Waals surface area (Å²) < 4.78 is 7.73. The molecule has 0 aliphatic carbocycles. The molecule has 0 amide bonds. The molecule has 1 aliphatic heterocycles. The lowest BCUT2D eigenvalue weighted by Crippen LogP contribution is -2.34. The zero-order valence-corrected chi connectivity index (χ0v) is 11.0.